The number of aryl methyl sites for hydroxylation is 1. The fourth-order valence-electron chi connectivity index (χ4n) is 3.51. The van der Waals surface area contributed by atoms with Gasteiger partial charge in [0, 0.05) is 29.2 Å². The number of anilines is 1. The van der Waals surface area contributed by atoms with Crippen molar-refractivity contribution in [3.05, 3.63) is 58.1 Å². The van der Waals surface area contributed by atoms with E-state index in [4.69, 9.17) is 0 Å². The number of fused-ring (bicyclic) bond motifs is 1. The number of sulfonamides is 1. The highest BCUT2D eigenvalue weighted by Crippen LogP contribution is 2.34. The maximum absolute atomic E-state index is 12.8. The maximum atomic E-state index is 12.8. The highest BCUT2D eigenvalue weighted by atomic mass is 79.9. The van der Waals surface area contributed by atoms with E-state index in [2.05, 4.69) is 33.6 Å². The lowest BCUT2D eigenvalue weighted by Gasteiger charge is -2.23. The Bertz CT molecular complexity index is 958. The first-order valence-electron chi connectivity index (χ1n) is 9.51. The Hall–Kier alpha value is -1.70. The van der Waals surface area contributed by atoms with Crippen molar-refractivity contribution < 1.29 is 13.2 Å². The molecule has 0 aliphatic carbocycles. The first kappa shape index (κ1) is 21.0. The quantitative estimate of drug-likeness (QED) is 0.671. The van der Waals surface area contributed by atoms with Gasteiger partial charge in [0.1, 0.15) is 0 Å². The van der Waals surface area contributed by atoms with Crippen molar-refractivity contribution in [2.45, 2.75) is 50.5 Å². The minimum Gasteiger partial charge on any atom is -0.309 e. The van der Waals surface area contributed by atoms with Crippen LogP contribution in [0.4, 0.5) is 5.69 Å². The number of benzene rings is 2. The zero-order valence-electron chi connectivity index (χ0n) is 16.1. The summed E-state index contributed by atoms with van der Waals surface area (Å²) in [7, 11) is -3.46. The fourth-order valence-corrected chi connectivity index (χ4v) is 5.05. The van der Waals surface area contributed by atoms with Gasteiger partial charge in [0.2, 0.25) is 15.9 Å². The molecule has 1 aliphatic rings. The third-order valence-electron chi connectivity index (χ3n) is 4.93. The van der Waals surface area contributed by atoms with E-state index < -0.39 is 10.0 Å². The molecular weight excluding hydrogens is 440 g/mol. The van der Waals surface area contributed by atoms with E-state index in [9.17, 15) is 13.2 Å². The second kappa shape index (κ2) is 8.76. The minimum absolute atomic E-state index is 0.0925. The zero-order chi connectivity index (χ0) is 20.3. The Morgan fingerprint density at radius 2 is 1.93 bits per heavy atom. The molecule has 150 valence electrons. The molecule has 7 heteroatoms. The predicted octanol–water partition coefficient (Wildman–Crippen LogP) is 4.05. The summed E-state index contributed by atoms with van der Waals surface area (Å²) in [5.74, 6) is 0.0925. The first-order valence-corrected chi connectivity index (χ1v) is 11.8. The second-order valence-electron chi connectivity index (χ2n) is 7.13. The molecule has 0 fully saturated rings. The van der Waals surface area contributed by atoms with Crippen LogP contribution in [0.2, 0.25) is 0 Å². The van der Waals surface area contributed by atoms with Gasteiger partial charge < -0.3 is 4.90 Å². The Morgan fingerprint density at radius 3 is 2.61 bits per heavy atom. The molecule has 28 heavy (non-hydrogen) atoms. The third kappa shape index (κ3) is 4.64. The summed E-state index contributed by atoms with van der Waals surface area (Å²) < 4.78 is 27.9. The van der Waals surface area contributed by atoms with Gasteiger partial charge in [-0.1, -0.05) is 35.0 Å². The monoisotopic (exact) mass is 464 g/mol. The summed E-state index contributed by atoms with van der Waals surface area (Å²) in [6.07, 6.45) is 2.57. The van der Waals surface area contributed by atoms with Crippen molar-refractivity contribution >= 4 is 37.5 Å². The molecule has 0 unspecified atom stereocenters. The molecule has 1 N–H and O–H groups in total. The van der Waals surface area contributed by atoms with E-state index in [1.165, 1.54) is 5.56 Å². The summed E-state index contributed by atoms with van der Waals surface area (Å²) in [5, 5.41) is 0. The van der Waals surface area contributed by atoms with E-state index in [1.807, 2.05) is 24.0 Å². The highest BCUT2D eigenvalue weighted by Gasteiger charge is 2.30. The molecule has 0 spiro atoms. The average molecular weight is 465 g/mol. The minimum atomic E-state index is -3.46. The van der Waals surface area contributed by atoms with Gasteiger partial charge in [0.25, 0.3) is 0 Å². The average Bonchev–Trinajstić information content (AvgIpc) is 2.99. The van der Waals surface area contributed by atoms with Crippen LogP contribution in [0, 0.1) is 0 Å². The lowest BCUT2D eigenvalue weighted by Crippen LogP contribution is -2.35. The normalized spacial score (nSPS) is 16.2. The summed E-state index contributed by atoms with van der Waals surface area (Å²) in [6.45, 7) is 4.40. The topological polar surface area (TPSA) is 66.5 Å². The van der Waals surface area contributed by atoms with Crippen LogP contribution in [0.5, 0.6) is 0 Å². The van der Waals surface area contributed by atoms with E-state index in [1.54, 1.807) is 24.3 Å². The molecule has 2 aromatic rings. The molecule has 1 atom stereocenters. The molecule has 0 saturated heterocycles. The second-order valence-corrected chi connectivity index (χ2v) is 9.81. The van der Waals surface area contributed by atoms with Crippen LogP contribution < -0.4 is 9.62 Å². The predicted molar refractivity (Wildman–Crippen MR) is 115 cm³/mol. The summed E-state index contributed by atoms with van der Waals surface area (Å²) in [4.78, 5) is 15.0. The molecule has 1 heterocycles. The number of rotatable bonds is 7. The van der Waals surface area contributed by atoms with Crippen molar-refractivity contribution in [2.24, 2.45) is 0 Å². The van der Waals surface area contributed by atoms with Crippen molar-refractivity contribution in [3.8, 4) is 0 Å². The fraction of sp³-hybridized carbons (Fsp3) is 0.381. The number of nitrogens with one attached hydrogen (secondary N) is 1. The van der Waals surface area contributed by atoms with Crippen LogP contribution in [-0.2, 0) is 27.7 Å². The van der Waals surface area contributed by atoms with E-state index in [-0.39, 0.29) is 16.8 Å². The zero-order valence-corrected chi connectivity index (χ0v) is 18.5. The summed E-state index contributed by atoms with van der Waals surface area (Å²) in [6, 6.07) is 12.9. The SMILES string of the molecule is CCCNS(=O)(=O)c1ccc(CCC(=O)N2c3ccc(Br)cc3C[C@@H]2C)cc1. The number of hydrogen-bond donors (Lipinski definition) is 1. The standard InChI is InChI=1S/C21H25BrN2O3S/c1-3-12-23-28(26,27)19-8-4-16(5-9-19)6-11-21(25)24-15(2)13-17-14-18(22)7-10-20(17)24/h4-5,7-10,14-15,23H,3,6,11-13H2,1-2H3/t15-/m0/s1. The Balaban J connectivity index is 1.64. The van der Waals surface area contributed by atoms with Crippen molar-refractivity contribution in [1.82, 2.24) is 4.72 Å². The molecule has 0 bridgehead atoms. The number of carbonyl (C=O) groups excluding carboxylic acids is 1. The lowest BCUT2D eigenvalue weighted by molar-refractivity contribution is -0.118. The van der Waals surface area contributed by atoms with Crippen molar-refractivity contribution in [1.29, 1.82) is 0 Å². The van der Waals surface area contributed by atoms with Gasteiger partial charge in [-0.05, 0) is 67.6 Å². The number of hydrogen-bond acceptors (Lipinski definition) is 3. The van der Waals surface area contributed by atoms with Crippen LogP contribution in [0.15, 0.2) is 51.8 Å². The van der Waals surface area contributed by atoms with Gasteiger partial charge in [-0.2, -0.15) is 0 Å². The van der Waals surface area contributed by atoms with Gasteiger partial charge in [-0.15, -0.1) is 0 Å². The van der Waals surface area contributed by atoms with Crippen molar-refractivity contribution in [3.63, 3.8) is 0 Å². The van der Waals surface area contributed by atoms with E-state index in [0.29, 0.717) is 19.4 Å². The van der Waals surface area contributed by atoms with Crippen LogP contribution in [0.3, 0.4) is 0 Å². The van der Waals surface area contributed by atoms with Crippen LogP contribution in [0.1, 0.15) is 37.8 Å². The highest BCUT2D eigenvalue weighted by molar-refractivity contribution is 9.10. The maximum Gasteiger partial charge on any atom is 0.240 e. The van der Waals surface area contributed by atoms with Crippen LogP contribution in [-0.4, -0.2) is 26.9 Å². The molecule has 3 rings (SSSR count). The molecule has 0 saturated carbocycles. The Labute approximate surface area is 175 Å². The lowest BCUT2D eigenvalue weighted by atomic mass is 10.1. The van der Waals surface area contributed by atoms with E-state index >= 15 is 0 Å². The molecule has 1 amide bonds. The number of amides is 1. The third-order valence-corrected chi connectivity index (χ3v) is 6.90. The molecular formula is C21H25BrN2O3S. The van der Waals surface area contributed by atoms with Gasteiger partial charge in [-0.25, -0.2) is 13.1 Å². The molecule has 0 aromatic heterocycles. The van der Waals surface area contributed by atoms with Gasteiger partial charge in [-0.3, -0.25) is 4.79 Å². The van der Waals surface area contributed by atoms with Crippen LogP contribution in [0.25, 0.3) is 0 Å². The molecule has 5 nitrogen and oxygen atoms in total. The van der Waals surface area contributed by atoms with Gasteiger partial charge in [0.15, 0.2) is 0 Å². The summed E-state index contributed by atoms with van der Waals surface area (Å²) >= 11 is 3.49. The molecule has 1 aliphatic heterocycles. The largest absolute Gasteiger partial charge is 0.309 e. The Morgan fingerprint density at radius 1 is 1.21 bits per heavy atom. The molecule has 2 aromatic carbocycles. The van der Waals surface area contributed by atoms with Crippen LogP contribution >= 0.6 is 15.9 Å². The van der Waals surface area contributed by atoms with Crippen molar-refractivity contribution in [2.75, 3.05) is 11.4 Å². The number of nitrogens with zero attached hydrogens (tertiary/aromatic N) is 1. The first-order chi connectivity index (χ1) is 13.3. The van der Waals surface area contributed by atoms with Gasteiger partial charge >= 0.3 is 0 Å². The van der Waals surface area contributed by atoms with Gasteiger partial charge in [0.05, 0.1) is 4.90 Å². The van der Waals surface area contributed by atoms with E-state index in [0.717, 1.165) is 28.6 Å². The number of halogens is 1. The smallest absolute Gasteiger partial charge is 0.240 e. The molecule has 0 radical (unpaired) electrons. The Kier molecular flexibility index (Phi) is 6.58. The summed E-state index contributed by atoms with van der Waals surface area (Å²) in [5.41, 5.74) is 3.12. The number of carbonyl (C=O) groups is 1.